The molecule has 0 aromatic heterocycles. The van der Waals surface area contributed by atoms with Gasteiger partial charge in [0, 0.05) is 19.3 Å². The monoisotopic (exact) mass is 262 g/mol. The molecule has 3 heteroatoms. The summed E-state index contributed by atoms with van der Waals surface area (Å²) in [6, 6.07) is 4.25. The quantitative estimate of drug-likeness (QED) is 0.903. The van der Waals surface area contributed by atoms with Crippen molar-refractivity contribution in [2.45, 2.75) is 26.7 Å². The summed E-state index contributed by atoms with van der Waals surface area (Å²) < 4.78 is 5.38. The lowest BCUT2D eigenvalue weighted by Crippen LogP contribution is -2.37. The number of methoxy groups -OCH3 is 1. The SMILES string of the molecule is COc1ccc(N(C)CC2CCCNC2)c(C)c1C. The Labute approximate surface area is 116 Å². The molecule has 1 aliphatic heterocycles. The molecular weight excluding hydrogens is 236 g/mol. The van der Waals surface area contributed by atoms with Gasteiger partial charge in [-0.2, -0.15) is 0 Å². The Hall–Kier alpha value is -1.22. The van der Waals surface area contributed by atoms with Gasteiger partial charge in [-0.05, 0) is 69.0 Å². The van der Waals surface area contributed by atoms with Crippen LogP contribution in [0.2, 0.25) is 0 Å². The van der Waals surface area contributed by atoms with E-state index in [1.165, 1.54) is 36.2 Å². The van der Waals surface area contributed by atoms with E-state index < -0.39 is 0 Å². The van der Waals surface area contributed by atoms with Crippen LogP contribution in [0.1, 0.15) is 24.0 Å². The molecule has 0 saturated carbocycles. The van der Waals surface area contributed by atoms with Crippen LogP contribution in [-0.4, -0.2) is 33.8 Å². The van der Waals surface area contributed by atoms with Crippen molar-refractivity contribution in [3.63, 3.8) is 0 Å². The highest BCUT2D eigenvalue weighted by molar-refractivity contribution is 5.59. The smallest absolute Gasteiger partial charge is 0.122 e. The molecule has 1 N–H and O–H groups in total. The van der Waals surface area contributed by atoms with Crippen LogP contribution in [0.3, 0.4) is 0 Å². The van der Waals surface area contributed by atoms with Gasteiger partial charge in [-0.3, -0.25) is 0 Å². The maximum absolute atomic E-state index is 5.38. The molecule has 3 nitrogen and oxygen atoms in total. The normalized spacial score (nSPS) is 19.3. The van der Waals surface area contributed by atoms with E-state index in [9.17, 15) is 0 Å². The molecule has 1 aliphatic rings. The van der Waals surface area contributed by atoms with Crippen LogP contribution in [0.15, 0.2) is 12.1 Å². The predicted octanol–water partition coefficient (Wildman–Crippen LogP) is 2.75. The number of piperidine rings is 1. The van der Waals surface area contributed by atoms with Crippen LogP contribution in [0.4, 0.5) is 5.69 Å². The van der Waals surface area contributed by atoms with Gasteiger partial charge in [-0.1, -0.05) is 0 Å². The van der Waals surface area contributed by atoms with Crippen LogP contribution in [0.5, 0.6) is 5.75 Å². The molecule has 0 aliphatic carbocycles. The summed E-state index contributed by atoms with van der Waals surface area (Å²) in [5.41, 5.74) is 3.89. The Balaban J connectivity index is 2.10. The lowest BCUT2D eigenvalue weighted by molar-refractivity contribution is 0.381. The van der Waals surface area contributed by atoms with Crippen molar-refractivity contribution in [1.29, 1.82) is 0 Å². The Morgan fingerprint density at radius 1 is 1.32 bits per heavy atom. The molecule has 1 atom stereocenters. The number of anilines is 1. The second-order valence-corrected chi connectivity index (χ2v) is 5.63. The molecule has 1 aromatic carbocycles. The predicted molar refractivity (Wildman–Crippen MR) is 81.3 cm³/mol. The third-order valence-corrected chi connectivity index (χ3v) is 4.27. The van der Waals surface area contributed by atoms with Gasteiger partial charge in [0.15, 0.2) is 0 Å². The molecule has 0 bridgehead atoms. The number of nitrogens with one attached hydrogen (secondary N) is 1. The molecule has 1 fully saturated rings. The van der Waals surface area contributed by atoms with Gasteiger partial charge in [0.05, 0.1) is 7.11 Å². The van der Waals surface area contributed by atoms with Crippen molar-refractivity contribution in [1.82, 2.24) is 5.32 Å². The first-order valence-corrected chi connectivity index (χ1v) is 7.19. The summed E-state index contributed by atoms with van der Waals surface area (Å²) >= 11 is 0. The maximum atomic E-state index is 5.38. The first-order chi connectivity index (χ1) is 9.13. The van der Waals surface area contributed by atoms with Gasteiger partial charge in [-0.25, -0.2) is 0 Å². The van der Waals surface area contributed by atoms with Crippen molar-refractivity contribution in [2.75, 3.05) is 38.7 Å². The first-order valence-electron chi connectivity index (χ1n) is 7.19. The van der Waals surface area contributed by atoms with E-state index in [0.717, 1.165) is 24.8 Å². The Morgan fingerprint density at radius 2 is 2.11 bits per heavy atom. The summed E-state index contributed by atoms with van der Waals surface area (Å²) in [6.45, 7) is 7.77. The van der Waals surface area contributed by atoms with Gasteiger partial charge in [0.1, 0.15) is 5.75 Å². The van der Waals surface area contributed by atoms with E-state index in [4.69, 9.17) is 4.74 Å². The highest BCUT2D eigenvalue weighted by Crippen LogP contribution is 2.30. The molecule has 1 heterocycles. The molecule has 1 unspecified atom stereocenters. The second-order valence-electron chi connectivity index (χ2n) is 5.63. The van der Waals surface area contributed by atoms with Crippen molar-refractivity contribution < 1.29 is 4.74 Å². The van der Waals surface area contributed by atoms with Crippen molar-refractivity contribution in [3.05, 3.63) is 23.3 Å². The standard InChI is InChI=1S/C16H26N2O/c1-12-13(2)16(19-4)8-7-15(12)18(3)11-14-6-5-9-17-10-14/h7-8,14,17H,5-6,9-11H2,1-4H3. The number of hydrogen-bond acceptors (Lipinski definition) is 3. The third kappa shape index (κ3) is 3.21. The van der Waals surface area contributed by atoms with E-state index >= 15 is 0 Å². The van der Waals surface area contributed by atoms with Crippen LogP contribution >= 0.6 is 0 Å². The molecule has 0 amide bonds. The van der Waals surface area contributed by atoms with E-state index in [0.29, 0.717) is 0 Å². The number of ether oxygens (including phenoxy) is 1. The Kier molecular flexibility index (Phi) is 4.70. The third-order valence-electron chi connectivity index (χ3n) is 4.27. The number of benzene rings is 1. The average Bonchev–Trinajstić information content (AvgIpc) is 2.42. The van der Waals surface area contributed by atoms with Crippen LogP contribution in [0, 0.1) is 19.8 Å². The van der Waals surface area contributed by atoms with Gasteiger partial charge in [-0.15, -0.1) is 0 Å². The summed E-state index contributed by atoms with van der Waals surface area (Å²) in [4.78, 5) is 2.39. The number of hydrogen-bond donors (Lipinski definition) is 1. The van der Waals surface area contributed by atoms with Crippen molar-refractivity contribution in [2.24, 2.45) is 5.92 Å². The molecule has 1 aromatic rings. The van der Waals surface area contributed by atoms with Gasteiger partial charge >= 0.3 is 0 Å². The van der Waals surface area contributed by atoms with Gasteiger partial charge in [0.25, 0.3) is 0 Å². The lowest BCUT2D eigenvalue weighted by Gasteiger charge is -2.30. The second kappa shape index (κ2) is 6.29. The topological polar surface area (TPSA) is 24.5 Å². The Bertz CT molecular complexity index is 425. The molecular formula is C16H26N2O. The maximum Gasteiger partial charge on any atom is 0.122 e. The van der Waals surface area contributed by atoms with E-state index in [-0.39, 0.29) is 0 Å². The fourth-order valence-electron chi connectivity index (χ4n) is 2.98. The fourth-order valence-corrected chi connectivity index (χ4v) is 2.98. The Morgan fingerprint density at radius 3 is 2.74 bits per heavy atom. The lowest BCUT2D eigenvalue weighted by atomic mass is 9.98. The van der Waals surface area contributed by atoms with Crippen LogP contribution in [-0.2, 0) is 0 Å². The van der Waals surface area contributed by atoms with Crippen LogP contribution in [0.25, 0.3) is 0 Å². The van der Waals surface area contributed by atoms with Gasteiger partial charge in [0.2, 0.25) is 0 Å². The van der Waals surface area contributed by atoms with E-state index in [1.807, 2.05) is 0 Å². The van der Waals surface area contributed by atoms with Gasteiger partial charge < -0.3 is 15.0 Å². The number of nitrogens with zero attached hydrogens (tertiary/aromatic N) is 1. The minimum absolute atomic E-state index is 0.764. The molecule has 19 heavy (non-hydrogen) atoms. The summed E-state index contributed by atoms with van der Waals surface area (Å²) in [7, 11) is 3.93. The molecule has 0 radical (unpaired) electrons. The molecule has 2 rings (SSSR count). The minimum Gasteiger partial charge on any atom is -0.496 e. The molecule has 106 valence electrons. The first kappa shape index (κ1) is 14.2. The largest absolute Gasteiger partial charge is 0.496 e. The average molecular weight is 262 g/mol. The van der Waals surface area contributed by atoms with Crippen LogP contribution < -0.4 is 15.0 Å². The summed E-state index contributed by atoms with van der Waals surface area (Å²) in [5, 5.41) is 3.49. The van der Waals surface area contributed by atoms with E-state index in [1.54, 1.807) is 7.11 Å². The highest BCUT2D eigenvalue weighted by Gasteiger charge is 2.17. The number of rotatable bonds is 4. The zero-order valence-corrected chi connectivity index (χ0v) is 12.6. The zero-order valence-electron chi connectivity index (χ0n) is 12.6. The summed E-state index contributed by atoms with van der Waals surface area (Å²) in [6.07, 6.45) is 2.64. The minimum atomic E-state index is 0.764. The van der Waals surface area contributed by atoms with Crippen molar-refractivity contribution >= 4 is 5.69 Å². The fraction of sp³-hybridized carbons (Fsp3) is 0.625. The zero-order chi connectivity index (χ0) is 13.8. The summed E-state index contributed by atoms with van der Waals surface area (Å²) in [5.74, 6) is 1.74. The highest BCUT2D eigenvalue weighted by atomic mass is 16.5. The molecule has 1 saturated heterocycles. The van der Waals surface area contributed by atoms with E-state index in [2.05, 4.69) is 43.2 Å². The molecule has 0 spiro atoms. The van der Waals surface area contributed by atoms with Crippen molar-refractivity contribution in [3.8, 4) is 5.75 Å².